The molecule has 0 aliphatic heterocycles. The zero-order chi connectivity index (χ0) is 29.4. The lowest BCUT2D eigenvalue weighted by Gasteiger charge is -2.70. The minimum Gasteiger partial charge on any atom is -0.469 e. The van der Waals surface area contributed by atoms with Crippen molar-refractivity contribution in [1.29, 1.82) is 0 Å². The SMILES string of the molecule is COC(=O)[C@@]1(C)CC[C@]2(C)CC[C@@]3(C)C(=CC(=O)[C@@H]4[C@]5(C)Cc6c([nH]c7ccccc67)C(C)(C)[C@H]5CC[C@]43C)[C@H]2C1. The fourth-order valence-corrected chi connectivity index (χ4v) is 11.9. The molecule has 1 N–H and O–H groups in total. The summed E-state index contributed by atoms with van der Waals surface area (Å²) in [6.45, 7) is 16.8. The molecule has 3 fully saturated rings. The van der Waals surface area contributed by atoms with Crippen molar-refractivity contribution in [3.63, 3.8) is 0 Å². The van der Waals surface area contributed by atoms with Gasteiger partial charge in [0.1, 0.15) is 0 Å². The predicted octanol–water partition coefficient (Wildman–Crippen LogP) is 8.34. The molecule has 8 atom stereocenters. The number of hydrogen-bond donors (Lipinski definition) is 1. The molecule has 1 aromatic carbocycles. The van der Waals surface area contributed by atoms with E-state index in [1.165, 1.54) is 34.8 Å². The standard InChI is InChI=1S/C37H49NO3/c1-32(2)28-13-14-37(7)29(35(28,5)20-23-22-11-9-10-12-26(22)38-30(23)32)27(39)19-24-25-21-34(4,31(40)41-8)16-15-33(25,3)17-18-36(24,37)6/h9-12,19,25,28-29,38H,13-18,20-21H2,1-8H3/t25-,28-,29-,33-,34+,35-,36+,37-/m1/s1. The maximum Gasteiger partial charge on any atom is 0.311 e. The number of methoxy groups -OCH3 is 1. The molecule has 0 unspecified atom stereocenters. The third-order valence-electron chi connectivity index (χ3n) is 14.4. The molecule has 0 spiro atoms. The Morgan fingerprint density at radius 1 is 0.951 bits per heavy atom. The van der Waals surface area contributed by atoms with Crippen molar-refractivity contribution < 1.29 is 14.3 Å². The highest BCUT2D eigenvalue weighted by atomic mass is 16.5. The molecule has 0 saturated heterocycles. The predicted molar refractivity (Wildman–Crippen MR) is 163 cm³/mol. The zero-order valence-corrected chi connectivity index (χ0v) is 26.5. The number of ketones is 1. The van der Waals surface area contributed by atoms with E-state index in [0.717, 1.165) is 51.4 Å². The van der Waals surface area contributed by atoms with Crippen molar-refractivity contribution in [2.45, 2.75) is 105 Å². The summed E-state index contributed by atoms with van der Waals surface area (Å²) in [5, 5.41) is 1.32. The Balaban J connectivity index is 1.37. The maximum absolute atomic E-state index is 14.8. The van der Waals surface area contributed by atoms with Crippen LogP contribution < -0.4 is 0 Å². The van der Waals surface area contributed by atoms with E-state index in [1.807, 2.05) is 0 Å². The highest BCUT2D eigenvalue weighted by Gasteiger charge is 2.70. The first-order valence-electron chi connectivity index (χ1n) is 16.1. The average Bonchev–Trinajstić information content (AvgIpc) is 3.29. The fourth-order valence-electron chi connectivity index (χ4n) is 11.9. The summed E-state index contributed by atoms with van der Waals surface area (Å²) in [4.78, 5) is 31.6. The molecule has 4 nitrogen and oxygen atoms in total. The van der Waals surface area contributed by atoms with Crippen molar-refractivity contribution in [1.82, 2.24) is 4.98 Å². The summed E-state index contributed by atoms with van der Waals surface area (Å²) < 4.78 is 5.31. The number of hydrogen-bond acceptors (Lipinski definition) is 3. The van der Waals surface area contributed by atoms with E-state index in [1.54, 1.807) is 0 Å². The molecule has 7 rings (SSSR count). The Morgan fingerprint density at radius 3 is 2.39 bits per heavy atom. The summed E-state index contributed by atoms with van der Waals surface area (Å²) in [5.41, 5.74) is 4.72. The molecule has 5 aliphatic carbocycles. The van der Waals surface area contributed by atoms with Crippen molar-refractivity contribution >= 4 is 22.7 Å². The minimum atomic E-state index is -0.485. The van der Waals surface area contributed by atoms with Crippen molar-refractivity contribution in [3.8, 4) is 0 Å². The van der Waals surface area contributed by atoms with E-state index < -0.39 is 5.41 Å². The molecular weight excluding hydrogens is 506 g/mol. The minimum absolute atomic E-state index is 0.0106. The van der Waals surface area contributed by atoms with Gasteiger partial charge in [0.15, 0.2) is 5.78 Å². The molecular formula is C37H49NO3. The second-order valence-electron chi connectivity index (χ2n) is 16.7. The number of carbonyl (C=O) groups is 2. The quantitative estimate of drug-likeness (QED) is 0.360. The highest BCUT2D eigenvalue weighted by Crippen LogP contribution is 2.75. The van der Waals surface area contributed by atoms with E-state index in [4.69, 9.17) is 4.74 Å². The number of carbonyl (C=O) groups excluding carboxylic acids is 2. The molecule has 4 heteroatoms. The van der Waals surface area contributed by atoms with Crippen LogP contribution in [-0.4, -0.2) is 23.8 Å². The van der Waals surface area contributed by atoms with Gasteiger partial charge in [-0.05, 0) is 109 Å². The number of esters is 1. The highest BCUT2D eigenvalue weighted by molar-refractivity contribution is 5.96. The van der Waals surface area contributed by atoms with Gasteiger partial charge >= 0.3 is 5.97 Å². The van der Waals surface area contributed by atoms with Crippen LogP contribution in [-0.2, 0) is 26.2 Å². The van der Waals surface area contributed by atoms with Crippen LogP contribution in [0.2, 0.25) is 0 Å². The molecule has 3 saturated carbocycles. The smallest absolute Gasteiger partial charge is 0.311 e. The van der Waals surface area contributed by atoms with E-state index in [0.29, 0.717) is 11.7 Å². The number of benzene rings is 1. The lowest BCUT2D eigenvalue weighted by atomic mass is 9.33. The van der Waals surface area contributed by atoms with Gasteiger partial charge in [0.2, 0.25) is 0 Å². The normalized spacial score (nSPS) is 44.5. The molecule has 41 heavy (non-hydrogen) atoms. The number of para-hydroxylation sites is 1. The molecule has 1 aromatic heterocycles. The number of fused-ring (bicyclic) bond motifs is 10. The lowest BCUT2D eigenvalue weighted by molar-refractivity contribution is -0.174. The average molecular weight is 556 g/mol. The van der Waals surface area contributed by atoms with E-state index in [9.17, 15) is 9.59 Å². The Bertz CT molecular complexity index is 1510. The second-order valence-corrected chi connectivity index (χ2v) is 16.7. The van der Waals surface area contributed by atoms with Gasteiger partial charge in [-0.15, -0.1) is 0 Å². The van der Waals surface area contributed by atoms with E-state index in [2.05, 4.69) is 83.8 Å². The molecule has 1 heterocycles. The lowest BCUT2D eigenvalue weighted by Crippen LogP contribution is -2.66. The number of ether oxygens (including phenoxy) is 1. The number of aromatic amines is 1. The summed E-state index contributed by atoms with van der Waals surface area (Å²) in [7, 11) is 1.52. The fraction of sp³-hybridized carbons (Fsp3) is 0.676. The third kappa shape index (κ3) is 3.23. The van der Waals surface area contributed by atoms with Crippen LogP contribution in [0.5, 0.6) is 0 Å². The van der Waals surface area contributed by atoms with Gasteiger partial charge in [-0.3, -0.25) is 9.59 Å². The van der Waals surface area contributed by atoms with Gasteiger partial charge in [0, 0.05) is 27.9 Å². The van der Waals surface area contributed by atoms with Gasteiger partial charge in [-0.2, -0.15) is 0 Å². The summed E-state index contributed by atoms with van der Waals surface area (Å²) in [5.74, 6) is 0.923. The molecule has 0 amide bonds. The Kier molecular flexibility index (Phi) is 5.47. The monoisotopic (exact) mass is 555 g/mol. The number of aromatic nitrogens is 1. The first-order chi connectivity index (χ1) is 19.1. The maximum atomic E-state index is 14.8. The first-order valence-corrected chi connectivity index (χ1v) is 16.1. The summed E-state index contributed by atoms with van der Waals surface area (Å²) in [6.07, 6.45) is 10.3. The van der Waals surface area contributed by atoms with Crippen molar-refractivity contribution in [3.05, 3.63) is 47.2 Å². The Morgan fingerprint density at radius 2 is 1.66 bits per heavy atom. The zero-order valence-electron chi connectivity index (χ0n) is 26.5. The van der Waals surface area contributed by atoms with Crippen molar-refractivity contribution in [2.24, 2.45) is 44.8 Å². The molecule has 2 aromatic rings. The largest absolute Gasteiger partial charge is 0.469 e. The van der Waals surface area contributed by atoms with Crippen LogP contribution in [0.1, 0.15) is 105 Å². The summed E-state index contributed by atoms with van der Waals surface area (Å²) >= 11 is 0. The number of H-pyrrole nitrogens is 1. The molecule has 0 radical (unpaired) electrons. The van der Waals surface area contributed by atoms with Crippen LogP contribution in [0.3, 0.4) is 0 Å². The van der Waals surface area contributed by atoms with Crippen molar-refractivity contribution in [2.75, 3.05) is 7.11 Å². The number of nitrogens with one attached hydrogen (secondary N) is 1. The number of allylic oxidation sites excluding steroid dienone is 2. The summed E-state index contributed by atoms with van der Waals surface area (Å²) in [6, 6.07) is 8.73. The molecule has 5 aliphatic rings. The first kappa shape index (κ1) is 27.5. The molecule has 220 valence electrons. The molecule has 0 bridgehead atoms. The second kappa shape index (κ2) is 8.17. The van der Waals surface area contributed by atoms with E-state index >= 15 is 0 Å². The third-order valence-corrected chi connectivity index (χ3v) is 14.4. The van der Waals surface area contributed by atoms with Gasteiger partial charge < -0.3 is 9.72 Å². The van der Waals surface area contributed by atoms with Gasteiger partial charge in [0.25, 0.3) is 0 Å². The van der Waals surface area contributed by atoms with Crippen LogP contribution in [0, 0.1) is 44.8 Å². The Labute approximate surface area is 246 Å². The van der Waals surface area contributed by atoms with Gasteiger partial charge in [-0.25, -0.2) is 0 Å². The van der Waals surface area contributed by atoms with E-state index in [-0.39, 0.29) is 44.9 Å². The topological polar surface area (TPSA) is 59.2 Å². The van der Waals surface area contributed by atoms with Crippen LogP contribution in [0.4, 0.5) is 0 Å². The van der Waals surface area contributed by atoms with Crippen LogP contribution >= 0.6 is 0 Å². The van der Waals surface area contributed by atoms with Crippen LogP contribution in [0.15, 0.2) is 35.9 Å². The number of rotatable bonds is 1. The Hall–Kier alpha value is -2.36. The van der Waals surface area contributed by atoms with Crippen LogP contribution in [0.25, 0.3) is 10.9 Å². The van der Waals surface area contributed by atoms with Gasteiger partial charge in [0.05, 0.1) is 12.5 Å². The van der Waals surface area contributed by atoms with Gasteiger partial charge in [-0.1, -0.05) is 65.3 Å².